The fourth-order valence-corrected chi connectivity index (χ4v) is 2.39. The number of aromatic nitrogens is 2. The second-order valence-corrected chi connectivity index (χ2v) is 5.41. The molecule has 0 aliphatic rings. The van der Waals surface area contributed by atoms with Gasteiger partial charge in [0.05, 0.1) is 16.8 Å². The monoisotopic (exact) mass is 368 g/mol. The van der Waals surface area contributed by atoms with Crippen molar-refractivity contribution in [3.63, 3.8) is 0 Å². The Hall–Kier alpha value is -3.73. The molecule has 0 saturated heterocycles. The minimum atomic E-state index is -4.52. The van der Waals surface area contributed by atoms with Gasteiger partial charge in [0.1, 0.15) is 11.8 Å². The van der Waals surface area contributed by atoms with E-state index in [9.17, 15) is 23.5 Å². The van der Waals surface area contributed by atoms with Crippen molar-refractivity contribution >= 4 is 11.4 Å². The Morgan fingerprint density at radius 3 is 2.48 bits per heavy atom. The molecular weight excluding hydrogens is 357 g/mol. The first-order valence-electron chi connectivity index (χ1n) is 7.65. The summed E-state index contributed by atoms with van der Waals surface area (Å²) in [6, 6.07) is 10.7. The Kier molecular flexibility index (Phi) is 4.86. The van der Waals surface area contributed by atoms with Crippen LogP contribution in [0.2, 0.25) is 0 Å². The summed E-state index contributed by atoms with van der Waals surface area (Å²) in [5.74, 6) is -0.295. The average molecular weight is 368 g/mol. The Labute approximate surface area is 152 Å². The molecule has 0 amide bonds. The molecule has 0 unspecified atom stereocenters. The normalized spacial score (nSPS) is 11.9. The molecule has 134 valence electrons. The van der Waals surface area contributed by atoms with Crippen LogP contribution in [0, 0.1) is 11.3 Å². The molecule has 8 heteroatoms. The first kappa shape index (κ1) is 18.1. The van der Waals surface area contributed by atoms with Crippen LogP contribution in [0.1, 0.15) is 11.1 Å². The van der Waals surface area contributed by atoms with Crippen LogP contribution in [-0.2, 0) is 6.18 Å². The van der Waals surface area contributed by atoms with E-state index < -0.39 is 11.7 Å². The van der Waals surface area contributed by atoms with Crippen LogP contribution in [0.3, 0.4) is 0 Å². The van der Waals surface area contributed by atoms with E-state index in [2.05, 4.69) is 15.0 Å². The molecule has 1 N–H and O–H groups in total. The molecule has 2 heterocycles. The first-order chi connectivity index (χ1) is 12.9. The topological polar surface area (TPSA) is 82.2 Å². The highest BCUT2D eigenvalue weighted by Crippen LogP contribution is 2.33. The molecule has 0 saturated carbocycles. The molecule has 3 rings (SSSR count). The van der Waals surface area contributed by atoms with Crippen molar-refractivity contribution in [3.8, 4) is 23.1 Å². The minimum absolute atomic E-state index is 0.0527. The standard InChI is InChI=1S/C19H11F3N4O/c20-19(21,22)13-2-1-3-14(10-13)26-16(11-23)15-6-9-25-17(18(15)27)12-4-7-24-8-5-12/h1-10,27H. The lowest BCUT2D eigenvalue weighted by atomic mass is 10.1. The summed E-state index contributed by atoms with van der Waals surface area (Å²) in [5, 5.41) is 19.9. The second kappa shape index (κ2) is 7.25. The van der Waals surface area contributed by atoms with E-state index in [1.54, 1.807) is 12.1 Å². The molecule has 0 radical (unpaired) electrons. The third-order valence-corrected chi connectivity index (χ3v) is 3.65. The molecule has 0 aliphatic heterocycles. The minimum Gasteiger partial charge on any atom is -0.505 e. The van der Waals surface area contributed by atoms with E-state index in [0.717, 1.165) is 12.1 Å². The molecule has 0 atom stereocenters. The van der Waals surface area contributed by atoms with Crippen molar-refractivity contribution in [1.82, 2.24) is 9.97 Å². The lowest BCUT2D eigenvalue weighted by Gasteiger charge is -2.09. The first-order valence-corrected chi connectivity index (χ1v) is 7.65. The highest BCUT2D eigenvalue weighted by Gasteiger charge is 2.30. The number of hydrogen-bond acceptors (Lipinski definition) is 5. The number of aromatic hydroxyl groups is 1. The molecule has 3 aromatic rings. The molecule has 0 spiro atoms. The van der Waals surface area contributed by atoms with Crippen LogP contribution in [0.4, 0.5) is 18.9 Å². The van der Waals surface area contributed by atoms with Gasteiger partial charge in [-0.15, -0.1) is 0 Å². The molecule has 0 fully saturated rings. The molecule has 0 aliphatic carbocycles. The maximum atomic E-state index is 12.8. The van der Waals surface area contributed by atoms with Gasteiger partial charge in [-0.05, 0) is 36.4 Å². The quantitative estimate of drug-likeness (QED) is 0.690. The maximum Gasteiger partial charge on any atom is 0.416 e. The largest absolute Gasteiger partial charge is 0.505 e. The van der Waals surface area contributed by atoms with Crippen LogP contribution < -0.4 is 0 Å². The zero-order valence-corrected chi connectivity index (χ0v) is 13.6. The molecule has 2 aromatic heterocycles. The van der Waals surface area contributed by atoms with Crippen LogP contribution in [0.5, 0.6) is 5.75 Å². The second-order valence-electron chi connectivity index (χ2n) is 5.41. The van der Waals surface area contributed by atoms with E-state index in [4.69, 9.17) is 0 Å². The van der Waals surface area contributed by atoms with Crippen molar-refractivity contribution in [3.05, 3.63) is 72.2 Å². The van der Waals surface area contributed by atoms with Crippen LogP contribution in [-0.4, -0.2) is 20.8 Å². The molecule has 0 bridgehead atoms. The van der Waals surface area contributed by atoms with Gasteiger partial charge in [-0.25, -0.2) is 4.99 Å². The Balaban J connectivity index is 2.07. The maximum absolute atomic E-state index is 12.8. The smallest absolute Gasteiger partial charge is 0.416 e. The van der Waals surface area contributed by atoms with Crippen molar-refractivity contribution in [2.75, 3.05) is 0 Å². The number of nitrogens with zero attached hydrogens (tertiary/aromatic N) is 4. The predicted molar refractivity (Wildman–Crippen MR) is 92.4 cm³/mol. The third kappa shape index (κ3) is 3.93. The molecular formula is C19H11F3N4O. The number of halogens is 3. The Bertz CT molecular complexity index is 1040. The summed E-state index contributed by atoms with van der Waals surface area (Å²) in [7, 11) is 0. The molecule has 5 nitrogen and oxygen atoms in total. The van der Waals surface area contributed by atoms with Crippen LogP contribution in [0.15, 0.2) is 66.0 Å². The van der Waals surface area contributed by atoms with Gasteiger partial charge in [0.25, 0.3) is 0 Å². The van der Waals surface area contributed by atoms with E-state index in [0.29, 0.717) is 5.56 Å². The summed E-state index contributed by atoms with van der Waals surface area (Å²) in [6.45, 7) is 0. The number of pyridine rings is 2. The lowest BCUT2D eigenvalue weighted by molar-refractivity contribution is -0.137. The number of hydrogen-bond donors (Lipinski definition) is 1. The van der Waals surface area contributed by atoms with Crippen molar-refractivity contribution in [2.24, 2.45) is 4.99 Å². The van der Waals surface area contributed by atoms with Crippen molar-refractivity contribution < 1.29 is 18.3 Å². The Morgan fingerprint density at radius 2 is 1.81 bits per heavy atom. The zero-order chi connectivity index (χ0) is 19.4. The van der Waals surface area contributed by atoms with Crippen LogP contribution >= 0.6 is 0 Å². The Morgan fingerprint density at radius 1 is 1.07 bits per heavy atom. The molecule has 27 heavy (non-hydrogen) atoms. The number of rotatable bonds is 3. The third-order valence-electron chi connectivity index (χ3n) is 3.65. The summed E-state index contributed by atoms with van der Waals surface area (Å²) in [4.78, 5) is 11.9. The van der Waals surface area contributed by atoms with Gasteiger partial charge in [0.2, 0.25) is 0 Å². The van der Waals surface area contributed by atoms with E-state index >= 15 is 0 Å². The van der Waals surface area contributed by atoms with Gasteiger partial charge in [-0.1, -0.05) is 6.07 Å². The number of benzene rings is 1. The van der Waals surface area contributed by atoms with Crippen LogP contribution in [0.25, 0.3) is 11.3 Å². The molecule has 1 aromatic carbocycles. The average Bonchev–Trinajstić information content (AvgIpc) is 2.67. The number of aliphatic imine (C=N–C) groups is 1. The fourth-order valence-electron chi connectivity index (χ4n) is 2.39. The zero-order valence-electron chi connectivity index (χ0n) is 13.6. The van der Waals surface area contributed by atoms with Gasteiger partial charge >= 0.3 is 6.18 Å². The predicted octanol–water partition coefficient (Wildman–Crippen LogP) is 4.51. The van der Waals surface area contributed by atoms with Crippen molar-refractivity contribution in [2.45, 2.75) is 6.18 Å². The van der Waals surface area contributed by atoms with Gasteiger partial charge in [0.15, 0.2) is 11.5 Å². The highest BCUT2D eigenvalue weighted by atomic mass is 19.4. The summed E-state index contributed by atoms with van der Waals surface area (Å²) >= 11 is 0. The summed E-state index contributed by atoms with van der Waals surface area (Å²) < 4.78 is 38.5. The highest BCUT2D eigenvalue weighted by molar-refractivity contribution is 6.15. The number of alkyl halides is 3. The van der Waals surface area contributed by atoms with Gasteiger partial charge in [-0.3, -0.25) is 9.97 Å². The van der Waals surface area contributed by atoms with Crippen molar-refractivity contribution in [1.29, 1.82) is 5.26 Å². The lowest BCUT2D eigenvalue weighted by Crippen LogP contribution is -2.04. The number of nitriles is 1. The summed E-state index contributed by atoms with van der Waals surface area (Å²) in [6.07, 6.45) is -0.106. The van der Waals surface area contributed by atoms with Gasteiger partial charge in [0, 0.05) is 24.2 Å². The SMILES string of the molecule is N#CC(=Nc1cccc(C(F)(F)F)c1)c1ccnc(-c2ccncc2)c1O. The van der Waals surface area contributed by atoms with Gasteiger partial charge < -0.3 is 5.11 Å². The summed E-state index contributed by atoms with van der Waals surface area (Å²) in [5.41, 5.74) is -0.315. The van der Waals surface area contributed by atoms with E-state index in [1.807, 2.05) is 6.07 Å². The van der Waals surface area contributed by atoms with E-state index in [-0.39, 0.29) is 28.4 Å². The van der Waals surface area contributed by atoms with Gasteiger partial charge in [-0.2, -0.15) is 18.4 Å². The fraction of sp³-hybridized carbons (Fsp3) is 0.0526. The van der Waals surface area contributed by atoms with E-state index in [1.165, 1.54) is 36.8 Å².